The van der Waals surface area contributed by atoms with Gasteiger partial charge in [0.1, 0.15) is 0 Å². The van der Waals surface area contributed by atoms with Crippen molar-refractivity contribution in [2.75, 3.05) is 13.1 Å². The average molecular weight is 268 g/mol. The molecule has 2 aromatic rings. The van der Waals surface area contributed by atoms with E-state index >= 15 is 0 Å². The van der Waals surface area contributed by atoms with Crippen molar-refractivity contribution in [3.63, 3.8) is 0 Å². The van der Waals surface area contributed by atoms with E-state index in [2.05, 4.69) is 6.07 Å². The molecule has 0 fully saturated rings. The Balaban J connectivity index is 1.90. The lowest BCUT2D eigenvalue weighted by molar-refractivity contribution is 0.147. The molecule has 1 aromatic heterocycles. The van der Waals surface area contributed by atoms with Crippen LogP contribution in [0, 0.1) is 0 Å². The zero-order valence-corrected chi connectivity index (χ0v) is 11.1. The van der Waals surface area contributed by atoms with Gasteiger partial charge < -0.3 is 10.0 Å². The van der Waals surface area contributed by atoms with Crippen LogP contribution in [0.3, 0.4) is 0 Å². The highest BCUT2D eigenvalue weighted by Crippen LogP contribution is 2.21. The minimum atomic E-state index is -0.846. The molecule has 4 nitrogen and oxygen atoms in total. The largest absolute Gasteiger partial charge is 0.465 e. The quantitative estimate of drug-likeness (QED) is 0.865. The topological polar surface area (TPSA) is 53.4 Å². The number of aromatic nitrogens is 1. The molecule has 1 aliphatic heterocycles. The Kier molecular flexibility index (Phi) is 3.37. The van der Waals surface area contributed by atoms with Gasteiger partial charge in [-0.1, -0.05) is 36.4 Å². The second-order valence-electron chi connectivity index (χ2n) is 4.94. The van der Waals surface area contributed by atoms with Crippen LogP contribution in [0.2, 0.25) is 0 Å². The monoisotopic (exact) mass is 268 g/mol. The maximum Gasteiger partial charge on any atom is 0.407 e. The van der Waals surface area contributed by atoms with Crippen molar-refractivity contribution < 1.29 is 9.90 Å². The van der Waals surface area contributed by atoms with E-state index in [1.54, 1.807) is 0 Å². The summed E-state index contributed by atoms with van der Waals surface area (Å²) in [6.07, 6.45) is 0.576. The van der Waals surface area contributed by atoms with Gasteiger partial charge in [-0.3, -0.25) is 4.98 Å². The van der Waals surface area contributed by atoms with Gasteiger partial charge in [0, 0.05) is 30.8 Å². The summed E-state index contributed by atoms with van der Waals surface area (Å²) in [7, 11) is 0. The first-order chi connectivity index (χ1) is 9.74. The predicted molar refractivity (Wildman–Crippen MR) is 76.7 cm³/mol. The Labute approximate surface area is 117 Å². The molecule has 102 valence electrons. The van der Waals surface area contributed by atoms with Crippen LogP contribution < -0.4 is 0 Å². The van der Waals surface area contributed by atoms with Crippen LogP contribution in [0.4, 0.5) is 4.79 Å². The number of nitrogens with zero attached hydrogens (tertiary/aromatic N) is 2. The smallest absolute Gasteiger partial charge is 0.407 e. The molecule has 1 aromatic carbocycles. The maximum absolute atomic E-state index is 11.1. The number of benzene rings is 1. The van der Waals surface area contributed by atoms with Crippen molar-refractivity contribution in [2.45, 2.75) is 12.8 Å². The van der Waals surface area contributed by atoms with Crippen LogP contribution in [0.15, 0.2) is 42.5 Å². The highest BCUT2D eigenvalue weighted by molar-refractivity contribution is 5.65. The SMILES string of the molecule is O=C(O)N1CCc2ccc(-c3ccccc3)nc2CC1. The minimum absolute atomic E-state index is 0.521. The third kappa shape index (κ3) is 2.50. The summed E-state index contributed by atoms with van der Waals surface area (Å²) >= 11 is 0. The molecule has 4 heteroatoms. The van der Waals surface area contributed by atoms with E-state index in [-0.39, 0.29) is 0 Å². The number of hydrogen-bond acceptors (Lipinski definition) is 2. The van der Waals surface area contributed by atoms with Gasteiger partial charge in [-0.15, -0.1) is 0 Å². The fraction of sp³-hybridized carbons (Fsp3) is 0.250. The Bertz CT molecular complexity index is 626. The van der Waals surface area contributed by atoms with E-state index in [1.165, 1.54) is 4.90 Å². The van der Waals surface area contributed by atoms with Crippen molar-refractivity contribution in [3.05, 3.63) is 53.7 Å². The number of pyridine rings is 1. The van der Waals surface area contributed by atoms with E-state index in [0.717, 1.165) is 28.9 Å². The number of carboxylic acid groups (broad SMARTS) is 1. The van der Waals surface area contributed by atoms with Gasteiger partial charge in [0.05, 0.1) is 5.69 Å². The molecule has 0 atom stereocenters. The van der Waals surface area contributed by atoms with E-state index in [0.29, 0.717) is 19.5 Å². The van der Waals surface area contributed by atoms with Crippen molar-refractivity contribution in [1.82, 2.24) is 9.88 Å². The molecule has 3 rings (SSSR count). The number of amides is 1. The lowest BCUT2D eigenvalue weighted by atomic mass is 10.1. The van der Waals surface area contributed by atoms with Crippen LogP contribution in [0.1, 0.15) is 11.3 Å². The van der Waals surface area contributed by atoms with Gasteiger partial charge >= 0.3 is 6.09 Å². The first kappa shape index (κ1) is 12.7. The molecule has 0 spiro atoms. The molecule has 0 aliphatic carbocycles. The highest BCUT2D eigenvalue weighted by Gasteiger charge is 2.18. The van der Waals surface area contributed by atoms with E-state index in [1.807, 2.05) is 36.4 Å². The van der Waals surface area contributed by atoms with Crippen molar-refractivity contribution in [1.29, 1.82) is 0 Å². The average Bonchev–Trinajstić information content (AvgIpc) is 2.70. The van der Waals surface area contributed by atoms with Crippen LogP contribution in [0.25, 0.3) is 11.3 Å². The number of fused-ring (bicyclic) bond motifs is 1. The van der Waals surface area contributed by atoms with Gasteiger partial charge in [0.25, 0.3) is 0 Å². The Morgan fingerprint density at radius 1 is 1.05 bits per heavy atom. The van der Waals surface area contributed by atoms with E-state index in [4.69, 9.17) is 10.1 Å². The van der Waals surface area contributed by atoms with Crippen molar-refractivity contribution >= 4 is 6.09 Å². The number of hydrogen-bond donors (Lipinski definition) is 1. The molecule has 1 amide bonds. The lowest BCUT2D eigenvalue weighted by Gasteiger charge is -2.14. The van der Waals surface area contributed by atoms with Crippen LogP contribution in [-0.2, 0) is 12.8 Å². The molecule has 0 radical (unpaired) electrons. The number of rotatable bonds is 1. The van der Waals surface area contributed by atoms with Crippen molar-refractivity contribution in [3.8, 4) is 11.3 Å². The van der Waals surface area contributed by atoms with Crippen LogP contribution >= 0.6 is 0 Å². The molecule has 0 unspecified atom stereocenters. The van der Waals surface area contributed by atoms with Crippen molar-refractivity contribution in [2.24, 2.45) is 0 Å². The molecule has 2 heterocycles. The molecule has 0 bridgehead atoms. The molecular formula is C16H16N2O2. The summed E-state index contributed by atoms with van der Waals surface area (Å²) in [5.41, 5.74) is 4.23. The molecule has 0 saturated carbocycles. The van der Waals surface area contributed by atoms with E-state index in [9.17, 15) is 4.79 Å². The summed E-state index contributed by atoms with van der Waals surface area (Å²) in [6.45, 7) is 1.07. The van der Waals surface area contributed by atoms with Gasteiger partial charge in [0.2, 0.25) is 0 Å². The Morgan fingerprint density at radius 3 is 2.55 bits per heavy atom. The zero-order chi connectivity index (χ0) is 13.9. The summed E-state index contributed by atoms with van der Waals surface area (Å²) in [5.74, 6) is 0. The summed E-state index contributed by atoms with van der Waals surface area (Å²) in [4.78, 5) is 17.2. The lowest BCUT2D eigenvalue weighted by Crippen LogP contribution is -2.31. The molecule has 20 heavy (non-hydrogen) atoms. The van der Waals surface area contributed by atoms with Gasteiger partial charge in [0.15, 0.2) is 0 Å². The summed E-state index contributed by atoms with van der Waals surface area (Å²) < 4.78 is 0. The first-order valence-corrected chi connectivity index (χ1v) is 6.76. The first-order valence-electron chi connectivity index (χ1n) is 6.76. The standard InChI is InChI=1S/C16H16N2O2/c19-16(20)18-10-8-13-6-7-14(17-15(13)9-11-18)12-4-2-1-3-5-12/h1-7H,8-11H2,(H,19,20). The molecule has 0 saturated heterocycles. The Hall–Kier alpha value is -2.36. The van der Waals surface area contributed by atoms with Gasteiger partial charge in [-0.05, 0) is 18.1 Å². The predicted octanol–water partition coefficient (Wildman–Crippen LogP) is 2.83. The Morgan fingerprint density at radius 2 is 1.80 bits per heavy atom. The van der Waals surface area contributed by atoms with Gasteiger partial charge in [-0.2, -0.15) is 0 Å². The van der Waals surface area contributed by atoms with E-state index < -0.39 is 6.09 Å². The second-order valence-corrected chi connectivity index (χ2v) is 4.94. The molecular weight excluding hydrogens is 252 g/mol. The zero-order valence-electron chi connectivity index (χ0n) is 11.1. The molecule has 1 N–H and O–H groups in total. The normalized spacial score (nSPS) is 14.5. The minimum Gasteiger partial charge on any atom is -0.465 e. The number of carbonyl (C=O) groups is 1. The highest BCUT2D eigenvalue weighted by atomic mass is 16.4. The fourth-order valence-electron chi connectivity index (χ4n) is 2.54. The third-order valence-corrected chi connectivity index (χ3v) is 3.68. The van der Waals surface area contributed by atoms with Crippen LogP contribution in [-0.4, -0.2) is 34.2 Å². The fourth-order valence-corrected chi connectivity index (χ4v) is 2.54. The maximum atomic E-state index is 11.1. The second kappa shape index (κ2) is 5.33. The summed E-state index contributed by atoms with van der Waals surface area (Å²) in [6, 6.07) is 14.1. The van der Waals surface area contributed by atoms with Crippen LogP contribution in [0.5, 0.6) is 0 Å². The molecule has 1 aliphatic rings. The third-order valence-electron chi connectivity index (χ3n) is 3.68. The summed E-state index contributed by atoms with van der Waals surface area (Å²) in [5, 5.41) is 9.08. The van der Waals surface area contributed by atoms with Gasteiger partial charge in [-0.25, -0.2) is 4.79 Å².